The predicted molar refractivity (Wildman–Crippen MR) is 121 cm³/mol. The molecule has 2 amide bonds. The van der Waals surface area contributed by atoms with E-state index in [0.29, 0.717) is 19.4 Å². The Hall–Kier alpha value is -2.19. The van der Waals surface area contributed by atoms with Crippen molar-refractivity contribution in [1.82, 2.24) is 9.80 Å². The summed E-state index contributed by atoms with van der Waals surface area (Å²) in [6.45, 7) is 10.1. The summed E-state index contributed by atoms with van der Waals surface area (Å²) in [4.78, 5) is 44.5. The van der Waals surface area contributed by atoms with E-state index in [1.165, 1.54) is 4.90 Å². The third-order valence-corrected chi connectivity index (χ3v) is 7.46. The average molecular weight is 461 g/mol. The molecule has 0 aliphatic carbocycles. The van der Waals surface area contributed by atoms with Gasteiger partial charge in [-0.05, 0) is 39.5 Å². The molecule has 0 radical (unpaired) electrons. The van der Waals surface area contributed by atoms with Crippen molar-refractivity contribution >= 4 is 17.8 Å². The van der Waals surface area contributed by atoms with Gasteiger partial charge in [0.1, 0.15) is 17.6 Å². The first-order valence-electron chi connectivity index (χ1n) is 12.0. The van der Waals surface area contributed by atoms with Gasteiger partial charge >= 0.3 is 5.97 Å². The van der Waals surface area contributed by atoms with Crippen LogP contribution in [-0.4, -0.2) is 81.8 Å². The fraction of sp³-hybridized carbons (Fsp3) is 0.720. The second-order valence-electron chi connectivity index (χ2n) is 10.6. The van der Waals surface area contributed by atoms with Gasteiger partial charge in [0, 0.05) is 12.6 Å². The van der Waals surface area contributed by atoms with E-state index in [9.17, 15) is 19.5 Å². The molecule has 1 N–H and O–H groups in total. The third-order valence-electron chi connectivity index (χ3n) is 7.46. The van der Waals surface area contributed by atoms with Crippen LogP contribution in [0.15, 0.2) is 24.3 Å². The van der Waals surface area contributed by atoms with E-state index in [0.717, 1.165) is 0 Å². The minimum Gasteiger partial charge on any atom is -0.465 e. The first-order chi connectivity index (χ1) is 15.6. The van der Waals surface area contributed by atoms with Crippen molar-refractivity contribution in [2.24, 2.45) is 17.8 Å². The number of amides is 2. The van der Waals surface area contributed by atoms with Gasteiger partial charge in [-0.25, -0.2) is 0 Å². The van der Waals surface area contributed by atoms with Gasteiger partial charge in [-0.15, -0.1) is 0 Å². The van der Waals surface area contributed by atoms with E-state index in [-0.39, 0.29) is 37.0 Å². The van der Waals surface area contributed by atoms with Crippen LogP contribution < -0.4 is 0 Å². The molecule has 4 aliphatic heterocycles. The number of ether oxygens (including phenoxy) is 2. The number of carbonyl (C=O) groups excluding carboxylic acids is 3. The van der Waals surface area contributed by atoms with Gasteiger partial charge in [0.05, 0.1) is 30.8 Å². The molecule has 0 aromatic rings. The SMILES string of the molecule is CC(C)C[C@H](CO)N1C(=O)[C@@H]2[C@H]3C(=O)OCCC=C[C@@]3(C)O[C@@]23C=CCN(C(C)C)C(=O)C13. The largest absolute Gasteiger partial charge is 0.465 e. The molecule has 4 rings (SSSR count). The number of hydrogen-bond donors (Lipinski definition) is 1. The van der Waals surface area contributed by atoms with Crippen LogP contribution in [0.4, 0.5) is 0 Å². The zero-order valence-electron chi connectivity index (χ0n) is 20.2. The van der Waals surface area contributed by atoms with Crippen LogP contribution in [0.5, 0.6) is 0 Å². The Morgan fingerprint density at radius 3 is 2.45 bits per heavy atom. The Morgan fingerprint density at radius 2 is 1.82 bits per heavy atom. The van der Waals surface area contributed by atoms with E-state index < -0.39 is 41.1 Å². The minimum atomic E-state index is -1.31. The third kappa shape index (κ3) is 3.62. The molecule has 0 aromatic carbocycles. The molecule has 0 saturated carbocycles. The summed E-state index contributed by atoms with van der Waals surface area (Å²) in [5.74, 6) is -2.62. The summed E-state index contributed by atoms with van der Waals surface area (Å²) in [6.07, 6.45) is 8.55. The van der Waals surface area contributed by atoms with Crippen LogP contribution in [0, 0.1) is 17.8 Å². The highest BCUT2D eigenvalue weighted by molar-refractivity contribution is 5.99. The number of likely N-dealkylation sites (tertiary alicyclic amines) is 1. The molecule has 0 aromatic heterocycles. The van der Waals surface area contributed by atoms with Gasteiger partial charge < -0.3 is 24.4 Å². The first-order valence-corrected chi connectivity index (χ1v) is 12.0. The van der Waals surface area contributed by atoms with E-state index >= 15 is 0 Å². The molecule has 33 heavy (non-hydrogen) atoms. The van der Waals surface area contributed by atoms with Crippen LogP contribution in [0.25, 0.3) is 0 Å². The molecule has 0 bridgehead atoms. The van der Waals surface area contributed by atoms with Gasteiger partial charge in [0.2, 0.25) is 11.8 Å². The summed E-state index contributed by atoms with van der Waals surface area (Å²) < 4.78 is 12.2. The smallest absolute Gasteiger partial charge is 0.313 e. The molecule has 1 unspecified atom stereocenters. The van der Waals surface area contributed by atoms with Gasteiger partial charge in [-0.1, -0.05) is 38.2 Å². The number of aliphatic hydroxyl groups is 1. The lowest BCUT2D eigenvalue weighted by atomic mass is 9.74. The highest BCUT2D eigenvalue weighted by atomic mass is 16.6. The number of fused-ring (bicyclic) bond motifs is 2. The average Bonchev–Trinajstić information content (AvgIpc) is 3.05. The molecule has 6 atom stereocenters. The Bertz CT molecular complexity index is 882. The molecular formula is C25H36N2O6. The summed E-state index contributed by atoms with van der Waals surface area (Å²) >= 11 is 0. The van der Waals surface area contributed by atoms with Crippen molar-refractivity contribution in [3.63, 3.8) is 0 Å². The second kappa shape index (κ2) is 8.55. The van der Waals surface area contributed by atoms with Crippen molar-refractivity contribution in [3.05, 3.63) is 24.3 Å². The highest BCUT2D eigenvalue weighted by Crippen LogP contribution is 2.57. The van der Waals surface area contributed by atoms with Crippen molar-refractivity contribution in [1.29, 1.82) is 0 Å². The van der Waals surface area contributed by atoms with Crippen LogP contribution in [-0.2, 0) is 23.9 Å². The maximum Gasteiger partial charge on any atom is 0.313 e. The summed E-state index contributed by atoms with van der Waals surface area (Å²) in [5.41, 5.74) is -2.39. The van der Waals surface area contributed by atoms with Gasteiger partial charge in [0.25, 0.3) is 0 Å². The Kier molecular flexibility index (Phi) is 6.20. The van der Waals surface area contributed by atoms with E-state index in [4.69, 9.17) is 9.47 Å². The topological polar surface area (TPSA) is 96.4 Å². The monoisotopic (exact) mass is 460 g/mol. The normalized spacial score (nSPS) is 37.0. The van der Waals surface area contributed by atoms with E-state index in [2.05, 4.69) is 0 Å². The molecule has 8 nitrogen and oxygen atoms in total. The molecule has 4 aliphatic rings. The summed E-state index contributed by atoms with van der Waals surface area (Å²) in [6, 6.07) is -1.59. The van der Waals surface area contributed by atoms with Crippen molar-refractivity contribution in [2.45, 2.75) is 76.8 Å². The molecule has 4 heterocycles. The molecule has 182 valence electrons. The van der Waals surface area contributed by atoms with Crippen molar-refractivity contribution in [2.75, 3.05) is 19.8 Å². The fourth-order valence-electron chi connectivity index (χ4n) is 6.12. The standard InChI is InChI=1S/C25H36N2O6/c1-15(2)13-17(14-28)27-20-22(30)26(16(3)4)11-8-10-25(20)18(21(27)29)19-23(31)32-12-7-6-9-24(19,5)33-25/h6,8-10,15-20,28H,7,11-14H2,1-5H3/t17-,18+,19+,20?,24-,25+/m1/s1. The molecule has 1 spiro atoms. The Morgan fingerprint density at radius 1 is 1.09 bits per heavy atom. The lowest BCUT2D eigenvalue weighted by Gasteiger charge is -2.41. The van der Waals surface area contributed by atoms with E-state index in [1.807, 2.05) is 52.0 Å². The number of aliphatic hydroxyl groups excluding tert-OH is 1. The molecule has 2 saturated heterocycles. The fourth-order valence-corrected chi connectivity index (χ4v) is 6.12. The van der Waals surface area contributed by atoms with Crippen molar-refractivity contribution in [3.8, 4) is 0 Å². The second-order valence-corrected chi connectivity index (χ2v) is 10.6. The first kappa shape index (κ1) is 24.0. The zero-order valence-corrected chi connectivity index (χ0v) is 20.2. The van der Waals surface area contributed by atoms with Crippen LogP contribution >= 0.6 is 0 Å². The lowest BCUT2D eigenvalue weighted by molar-refractivity contribution is -0.162. The summed E-state index contributed by atoms with van der Waals surface area (Å²) in [7, 11) is 0. The predicted octanol–water partition coefficient (Wildman–Crippen LogP) is 1.67. The molecule has 2 fully saturated rings. The zero-order chi connectivity index (χ0) is 24.1. The number of cyclic esters (lactones) is 1. The Labute approximate surface area is 195 Å². The van der Waals surface area contributed by atoms with Gasteiger partial charge in [-0.3, -0.25) is 14.4 Å². The van der Waals surface area contributed by atoms with E-state index in [1.54, 1.807) is 11.8 Å². The maximum atomic E-state index is 14.1. The summed E-state index contributed by atoms with van der Waals surface area (Å²) in [5, 5.41) is 10.3. The number of carbonyl (C=O) groups is 3. The quantitative estimate of drug-likeness (QED) is 0.495. The van der Waals surface area contributed by atoms with Crippen LogP contribution in [0.1, 0.15) is 47.5 Å². The number of rotatable bonds is 5. The molecular weight excluding hydrogens is 424 g/mol. The minimum absolute atomic E-state index is 0.0819. The lowest BCUT2D eigenvalue weighted by Crippen LogP contribution is -2.59. The Balaban J connectivity index is 1.90. The number of esters is 1. The highest BCUT2D eigenvalue weighted by Gasteiger charge is 2.75. The van der Waals surface area contributed by atoms with Crippen LogP contribution in [0.3, 0.4) is 0 Å². The van der Waals surface area contributed by atoms with Gasteiger partial charge in [-0.2, -0.15) is 0 Å². The van der Waals surface area contributed by atoms with Crippen molar-refractivity contribution < 1.29 is 29.0 Å². The number of hydrogen-bond acceptors (Lipinski definition) is 6. The molecule has 8 heteroatoms. The van der Waals surface area contributed by atoms with Gasteiger partial charge in [0.15, 0.2) is 0 Å². The van der Waals surface area contributed by atoms with Crippen LogP contribution in [0.2, 0.25) is 0 Å². The maximum absolute atomic E-state index is 14.1. The number of nitrogens with zero attached hydrogens (tertiary/aromatic N) is 2.